The van der Waals surface area contributed by atoms with Gasteiger partial charge in [-0.3, -0.25) is 14.5 Å². The second-order valence-electron chi connectivity index (χ2n) is 9.58. The number of unbranched alkanes of at least 4 members (excludes halogenated alkanes) is 3. The van der Waals surface area contributed by atoms with Crippen molar-refractivity contribution < 1.29 is 9.59 Å². The smallest absolute Gasteiger partial charge is 0.229 e. The van der Waals surface area contributed by atoms with Gasteiger partial charge in [0, 0.05) is 19.4 Å². The van der Waals surface area contributed by atoms with Crippen LogP contribution in [0, 0.1) is 13.8 Å². The first kappa shape index (κ1) is 21.6. The molecule has 3 nitrogen and oxygen atoms in total. The lowest BCUT2D eigenvalue weighted by Crippen LogP contribution is -2.29. The summed E-state index contributed by atoms with van der Waals surface area (Å²) in [5, 5.41) is 7.99. The minimum Gasteiger partial charge on any atom is -0.283 e. The van der Waals surface area contributed by atoms with E-state index < -0.39 is 0 Å². The molecule has 0 atom stereocenters. The number of fused-ring (bicyclic) bond motifs is 6. The fourth-order valence-electron chi connectivity index (χ4n) is 5.26. The van der Waals surface area contributed by atoms with Crippen molar-refractivity contribution >= 4 is 44.1 Å². The van der Waals surface area contributed by atoms with Gasteiger partial charge >= 0.3 is 0 Å². The van der Waals surface area contributed by atoms with Crippen molar-refractivity contribution in [1.29, 1.82) is 0 Å². The van der Waals surface area contributed by atoms with E-state index in [1.165, 1.54) is 53.9 Å². The molecule has 1 aliphatic heterocycles. The van der Waals surface area contributed by atoms with E-state index in [4.69, 9.17) is 0 Å². The Hall–Kier alpha value is -3.20. The van der Waals surface area contributed by atoms with Gasteiger partial charge in [0.1, 0.15) is 0 Å². The first-order chi connectivity index (χ1) is 16.0. The van der Waals surface area contributed by atoms with Crippen molar-refractivity contribution in [2.24, 2.45) is 0 Å². The maximum atomic E-state index is 11.7. The molecule has 0 unspecified atom stereocenters. The number of nitrogens with zero attached hydrogens (tertiary/aromatic N) is 1. The van der Waals surface area contributed by atoms with Gasteiger partial charge in [0.15, 0.2) is 0 Å². The van der Waals surface area contributed by atoms with Gasteiger partial charge in [-0.05, 0) is 71.0 Å². The number of benzene rings is 4. The number of likely N-dealkylation sites (tertiary alicyclic amines) is 1. The predicted octanol–water partition coefficient (Wildman–Crippen LogP) is 7.01. The van der Waals surface area contributed by atoms with E-state index in [1.807, 2.05) is 0 Å². The fraction of sp³-hybridized carbons (Fsp3) is 0.333. The van der Waals surface area contributed by atoms with Crippen molar-refractivity contribution in [3.63, 3.8) is 0 Å². The van der Waals surface area contributed by atoms with E-state index in [1.54, 1.807) is 0 Å². The van der Waals surface area contributed by atoms with Crippen molar-refractivity contribution in [3.8, 4) is 0 Å². The van der Waals surface area contributed by atoms with Crippen molar-refractivity contribution in [2.45, 2.75) is 58.8 Å². The van der Waals surface area contributed by atoms with Crippen molar-refractivity contribution in [1.82, 2.24) is 4.90 Å². The molecule has 1 heterocycles. The van der Waals surface area contributed by atoms with Crippen LogP contribution in [0.2, 0.25) is 0 Å². The molecule has 0 radical (unpaired) electrons. The molecule has 0 aliphatic carbocycles. The molecule has 4 aromatic carbocycles. The molecule has 2 amide bonds. The molecule has 3 heteroatoms. The third-order valence-corrected chi connectivity index (χ3v) is 7.06. The lowest BCUT2D eigenvalue weighted by atomic mass is 9.91. The molecule has 1 aliphatic rings. The van der Waals surface area contributed by atoms with E-state index in [-0.39, 0.29) is 11.8 Å². The number of carbonyl (C=O) groups excluding carboxylic acids is 2. The zero-order valence-electron chi connectivity index (χ0n) is 19.6. The summed E-state index contributed by atoms with van der Waals surface area (Å²) in [4.78, 5) is 24.9. The Kier molecular flexibility index (Phi) is 5.88. The number of hydrogen-bond acceptors (Lipinski definition) is 2. The van der Waals surface area contributed by atoms with E-state index in [9.17, 15) is 9.59 Å². The lowest BCUT2D eigenvalue weighted by molar-refractivity contribution is -0.138. The summed E-state index contributed by atoms with van der Waals surface area (Å²) < 4.78 is 0. The predicted molar refractivity (Wildman–Crippen MR) is 137 cm³/mol. The van der Waals surface area contributed by atoms with Gasteiger partial charge in [-0.25, -0.2) is 0 Å². The number of rotatable bonds is 7. The van der Waals surface area contributed by atoms with Gasteiger partial charge in [-0.1, -0.05) is 78.6 Å². The minimum absolute atomic E-state index is 0.00121. The summed E-state index contributed by atoms with van der Waals surface area (Å²) in [6.45, 7) is 4.91. The topological polar surface area (TPSA) is 37.4 Å². The Morgan fingerprint density at radius 1 is 0.606 bits per heavy atom. The van der Waals surface area contributed by atoms with Crippen LogP contribution in [-0.4, -0.2) is 23.3 Å². The van der Waals surface area contributed by atoms with Gasteiger partial charge in [-0.2, -0.15) is 0 Å². The molecule has 0 aromatic heterocycles. The molecule has 0 saturated carbocycles. The Balaban J connectivity index is 1.33. The minimum atomic E-state index is 0.00121. The summed E-state index contributed by atoms with van der Waals surface area (Å²) in [7, 11) is 0. The van der Waals surface area contributed by atoms with Crippen LogP contribution in [0.1, 0.15) is 55.2 Å². The summed E-state index contributed by atoms with van der Waals surface area (Å²) in [5.74, 6) is 0.00241. The van der Waals surface area contributed by atoms with Gasteiger partial charge < -0.3 is 0 Å². The van der Waals surface area contributed by atoms with Crippen LogP contribution in [-0.2, 0) is 16.0 Å². The van der Waals surface area contributed by atoms with Gasteiger partial charge in [0.2, 0.25) is 11.8 Å². The van der Waals surface area contributed by atoms with E-state index in [2.05, 4.69) is 68.4 Å². The third-order valence-electron chi connectivity index (χ3n) is 7.06. The molecule has 168 valence electrons. The van der Waals surface area contributed by atoms with E-state index in [0.29, 0.717) is 19.4 Å². The Morgan fingerprint density at radius 3 is 1.73 bits per heavy atom. The molecule has 0 spiro atoms. The normalized spacial score (nSPS) is 14.3. The molecular formula is C30H31NO2. The quantitative estimate of drug-likeness (QED) is 0.177. The summed E-state index contributed by atoms with van der Waals surface area (Å²) >= 11 is 0. The monoisotopic (exact) mass is 437 g/mol. The molecule has 1 fully saturated rings. The maximum absolute atomic E-state index is 11.7. The standard InChI is InChI=1S/C30H31NO2/c1-20-8-11-23-26-17-21(2)9-12-24(26)28-19-22(10-13-25(28)27(23)18-20)7-5-3-4-6-16-31-29(32)14-15-30(31)33/h8-13,17-19H,3-7,14-16H2,1-2H3. The lowest BCUT2D eigenvalue weighted by Gasteiger charge is -2.14. The van der Waals surface area contributed by atoms with Crippen LogP contribution >= 0.6 is 0 Å². The van der Waals surface area contributed by atoms with Crippen molar-refractivity contribution in [2.75, 3.05) is 6.54 Å². The molecule has 5 rings (SSSR count). The molecule has 1 saturated heterocycles. The zero-order chi connectivity index (χ0) is 22.9. The third kappa shape index (κ3) is 4.25. The van der Waals surface area contributed by atoms with E-state index in [0.717, 1.165) is 32.1 Å². The molecule has 0 N–H and O–H groups in total. The van der Waals surface area contributed by atoms with Crippen molar-refractivity contribution in [3.05, 3.63) is 71.3 Å². The molecule has 33 heavy (non-hydrogen) atoms. The molecular weight excluding hydrogens is 406 g/mol. The summed E-state index contributed by atoms with van der Waals surface area (Å²) in [6.07, 6.45) is 6.04. The molecule has 4 aromatic rings. The average molecular weight is 438 g/mol. The summed E-state index contributed by atoms with van der Waals surface area (Å²) in [6, 6.07) is 20.6. The zero-order valence-corrected chi connectivity index (χ0v) is 19.6. The second-order valence-corrected chi connectivity index (χ2v) is 9.58. The van der Waals surface area contributed by atoms with Gasteiger partial charge in [0.05, 0.1) is 0 Å². The number of carbonyl (C=O) groups is 2. The average Bonchev–Trinajstić information content (AvgIpc) is 3.13. The van der Waals surface area contributed by atoms with Gasteiger partial charge in [0.25, 0.3) is 0 Å². The number of hydrogen-bond donors (Lipinski definition) is 0. The largest absolute Gasteiger partial charge is 0.283 e. The second kappa shape index (κ2) is 8.97. The number of amides is 2. The van der Waals surface area contributed by atoms with Crippen LogP contribution in [0.3, 0.4) is 0 Å². The first-order valence-corrected chi connectivity index (χ1v) is 12.2. The Morgan fingerprint density at radius 2 is 1.12 bits per heavy atom. The highest BCUT2D eigenvalue weighted by Gasteiger charge is 2.27. The highest BCUT2D eigenvalue weighted by molar-refractivity contribution is 6.25. The highest BCUT2D eigenvalue weighted by atomic mass is 16.2. The SMILES string of the molecule is Cc1ccc2c(c1)c1ccc(C)cc1c1ccc(CCCCCCN3C(=O)CCC3=O)cc21. The maximum Gasteiger partial charge on any atom is 0.229 e. The van der Waals surface area contributed by atoms with Gasteiger partial charge in [-0.15, -0.1) is 0 Å². The van der Waals surface area contributed by atoms with Crippen LogP contribution in [0.25, 0.3) is 32.3 Å². The van der Waals surface area contributed by atoms with Crippen LogP contribution < -0.4 is 0 Å². The van der Waals surface area contributed by atoms with Crippen LogP contribution in [0.4, 0.5) is 0 Å². The first-order valence-electron chi connectivity index (χ1n) is 12.2. The number of aryl methyl sites for hydroxylation is 3. The van der Waals surface area contributed by atoms with E-state index >= 15 is 0 Å². The van der Waals surface area contributed by atoms with Crippen LogP contribution in [0.15, 0.2) is 54.6 Å². The highest BCUT2D eigenvalue weighted by Crippen LogP contribution is 2.36. The number of imide groups is 1. The molecule has 0 bridgehead atoms. The Labute approximate surface area is 195 Å². The van der Waals surface area contributed by atoms with Crippen LogP contribution in [0.5, 0.6) is 0 Å². The Bertz CT molecular complexity index is 1330. The fourth-order valence-corrected chi connectivity index (χ4v) is 5.26. The summed E-state index contributed by atoms with van der Waals surface area (Å²) in [5.41, 5.74) is 3.95.